The molecule has 1 N–H and O–H groups in total. The highest BCUT2D eigenvalue weighted by molar-refractivity contribution is 6.28. The fourth-order valence-electron chi connectivity index (χ4n) is 1.56. The summed E-state index contributed by atoms with van der Waals surface area (Å²) in [7, 11) is 1.90. The van der Waals surface area contributed by atoms with E-state index in [9.17, 15) is 0 Å². The number of nitrogens with zero attached hydrogens (tertiary/aromatic N) is 5. The van der Waals surface area contributed by atoms with Crippen molar-refractivity contribution in [2.45, 2.75) is 26.8 Å². The monoisotopic (exact) mass is 296 g/mol. The highest BCUT2D eigenvalue weighted by Crippen LogP contribution is 2.13. The van der Waals surface area contributed by atoms with Crippen molar-refractivity contribution in [3.63, 3.8) is 0 Å². The summed E-state index contributed by atoms with van der Waals surface area (Å²) in [5, 5.41) is 7.38. The molecule has 20 heavy (non-hydrogen) atoms. The van der Waals surface area contributed by atoms with E-state index < -0.39 is 0 Å². The molecule has 0 fully saturated rings. The summed E-state index contributed by atoms with van der Waals surface area (Å²) in [4.78, 5) is 12.1. The van der Waals surface area contributed by atoms with Crippen LogP contribution in [-0.2, 0) is 13.6 Å². The zero-order chi connectivity index (χ0) is 14.5. The molecule has 0 radical (unpaired) electrons. The second-order valence-electron chi connectivity index (χ2n) is 4.29. The van der Waals surface area contributed by atoms with Crippen LogP contribution in [-0.4, -0.2) is 31.3 Å². The lowest BCUT2D eigenvalue weighted by atomic mass is 10.2. The van der Waals surface area contributed by atoms with E-state index in [1.807, 2.05) is 25.6 Å². The summed E-state index contributed by atoms with van der Waals surface area (Å²) in [6.07, 6.45) is 2.68. The van der Waals surface area contributed by atoms with Crippen molar-refractivity contribution < 1.29 is 4.74 Å². The van der Waals surface area contributed by atoms with Gasteiger partial charge in [0.05, 0.1) is 12.8 Å². The summed E-state index contributed by atoms with van der Waals surface area (Å²) in [5.41, 5.74) is 2.15. The quantitative estimate of drug-likeness (QED) is 0.878. The van der Waals surface area contributed by atoms with Gasteiger partial charge >= 0.3 is 6.01 Å². The van der Waals surface area contributed by atoms with Crippen LogP contribution in [0.3, 0.4) is 0 Å². The first-order valence-corrected chi connectivity index (χ1v) is 6.73. The molecule has 2 aromatic heterocycles. The topological polar surface area (TPSA) is 77.8 Å². The van der Waals surface area contributed by atoms with Gasteiger partial charge in [0, 0.05) is 24.8 Å². The van der Waals surface area contributed by atoms with Gasteiger partial charge in [-0.05, 0) is 24.9 Å². The fourth-order valence-corrected chi connectivity index (χ4v) is 1.71. The first kappa shape index (κ1) is 14.5. The molecule has 8 heteroatoms. The van der Waals surface area contributed by atoms with Gasteiger partial charge in [0.1, 0.15) is 0 Å². The molecular formula is C12H17ClN6O. The van der Waals surface area contributed by atoms with E-state index in [4.69, 9.17) is 16.3 Å². The lowest BCUT2D eigenvalue weighted by Gasteiger charge is -2.07. The molecular weight excluding hydrogens is 280 g/mol. The van der Waals surface area contributed by atoms with Gasteiger partial charge in [-0.1, -0.05) is 6.92 Å². The summed E-state index contributed by atoms with van der Waals surface area (Å²) < 4.78 is 7.17. The maximum atomic E-state index is 5.85. The molecule has 0 aromatic carbocycles. The molecule has 108 valence electrons. The Kier molecular flexibility index (Phi) is 4.73. The van der Waals surface area contributed by atoms with Crippen LogP contribution in [0, 0.1) is 6.92 Å². The maximum absolute atomic E-state index is 5.85. The average molecular weight is 297 g/mol. The number of nitrogens with one attached hydrogen (secondary N) is 1. The molecule has 0 aliphatic carbocycles. The zero-order valence-corrected chi connectivity index (χ0v) is 12.5. The molecule has 0 saturated carbocycles. The van der Waals surface area contributed by atoms with Gasteiger partial charge in [-0.25, -0.2) is 0 Å². The molecule has 0 amide bonds. The molecule has 0 aliphatic heterocycles. The van der Waals surface area contributed by atoms with E-state index in [0.29, 0.717) is 19.1 Å². The van der Waals surface area contributed by atoms with Gasteiger partial charge in [-0.2, -0.15) is 20.1 Å². The summed E-state index contributed by atoms with van der Waals surface area (Å²) >= 11 is 5.85. The predicted molar refractivity (Wildman–Crippen MR) is 75.9 cm³/mol. The Labute approximate surface area is 122 Å². The zero-order valence-electron chi connectivity index (χ0n) is 11.7. The number of anilines is 1. The minimum Gasteiger partial charge on any atom is -0.463 e. The smallest absolute Gasteiger partial charge is 0.322 e. The van der Waals surface area contributed by atoms with E-state index >= 15 is 0 Å². The summed E-state index contributed by atoms with van der Waals surface area (Å²) in [6, 6.07) is 0.234. The molecule has 0 bridgehead atoms. The number of hydrogen-bond donors (Lipinski definition) is 1. The van der Waals surface area contributed by atoms with Crippen molar-refractivity contribution in [3.05, 3.63) is 22.7 Å². The largest absolute Gasteiger partial charge is 0.463 e. The van der Waals surface area contributed by atoms with E-state index in [0.717, 1.165) is 17.7 Å². The highest BCUT2D eigenvalue weighted by atomic mass is 35.5. The Balaban J connectivity index is 2.05. The summed E-state index contributed by atoms with van der Waals surface area (Å²) in [5.74, 6) is 0.388. The predicted octanol–water partition coefficient (Wildman–Crippen LogP) is 1.97. The van der Waals surface area contributed by atoms with Gasteiger partial charge in [-0.3, -0.25) is 4.68 Å². The number of ether oxygens (including phenoxy) is 1. The molecule has 2 aromatic rings. The SMILES string of the molecule is CCCOc1nc(Cl)nc(NCc2cnn(C)c2C)n1. The van der Waals surface area contributed by atoms with Crippen molar-refractivity contribution in [2.75, 3.05) is 11.9 Å². The lowest BCUT2D eigenvalue weighted by Crippen LogP contribution is -2.08. The normalized spacial score (nSPS) is 10.6. The Hall–Kier alpha value is -1.89. The average Bonchev–Trinajstić information content (AvgIpc) is 2.74. The van der Waals surface area contributed by atoms with Crippen molar-refractivity contribution in [3.8, 4) is 6.01 Å². The van der Waals surface area contributed by atoms with Gasteiger partial charge in [0.2, 0.25) is 11.2 Å². The Bertz CT molecular complexity index is 585. The van der Waals surface area contributed by atoms with Crippen molar-refractivity contribution >= 4 is 17.5 Å². The van der Waals surface area contributed by atoms with E-state index in [2.05, 4.69) is 25.4 Å². The van der Waals surface area contributed by atoms with Crippen LogP contribution in [0.25, 0.3) is 0 Å². The molecule has 2 rings (SSSR count). The van der Waals surface area contributed by atoms with Crippen LogP contribution in [0.1, 0.15) is 24.6 Å². The summed E-state index contributed by atoms with van der Waals surface area (Å²) in [6.45, 7) is 5.11. The van der Waals surface area contributed by atoms with Crippen LogP contribution in [0.15, 0.2) is 6.20 Å². The van der Waals surface area contributed by atoms with Gasteiger partial charge in [0.15, 0.2) is 0 Å². The second kappa shape index (κ2) is 6.51. The molecule has 0 aliphatic rings. The Morgan fingerprint density at radius 2 is 2.15 bits per heavy atom. The number of hydrogen-bond acceptors (Lipinski definition) is 6. The number of aromatic nitrogens is 5. The molecule has 2 heterocycles. The van der Waals surface area contributed by atoms with Crippen LogP contribution in [0.2, 0.25) is 5.28 Å². The van der Waals surface area contributed by atoms with Gasteiger partial charge < -0.3 is 10.1 Å². The molecule has 0 unspecified atom stereocenters. The lowest BCUT2D eigenvalue weighted by molar-refractivity contribution is 0.291. The van der Waals surface area contributed by atoms with Gasteiger partial charge in [0.25, 0.3) is 0 Å². The molecule has 0 saturated heterocycles. The Morgan fingerprint density at radius 1 is 1.35 bits per heavy atom. The number of aryl methyl sites for hydroxylation is 1. The third-order valence-corrected chi connectivity index (χ3v) is 2.97. The van der Waals surface area contributed by atoms with Crippen LogP contribution in [0.5, 0.6) is 6.01 Å². The highest BCUT2D eigenvalue weighted by Gasteiger charge is 2.08. The Morgan fingerprint density at radius 3 is 2.80 bits per heavy atom. The third kappa shape index (κ3) is 3.57. The van der Waals surface area contributed by atoms with Crippen LogP contribution in [0.4, 0.5) is 5.95 Å². The third-order valence-electron chi connectivity index (χ3n) is 2.80. The fraction of sp³-hybridized carbons (Fsp3) is 0.500. The minimum atomic E-state index is 0.108. The first-order valence-electron chi connectivity index (χ1n) is 6.36. The number of rotatable bonds is 6. The molecule has 7 nitrogen and oxygen atoms in total. The van der Waals surface area contributed by atoms with Crippen molar-refractivity contribution in [2.24, 2.45) is 7.05 Å². The van der Waals surface area contributed by atoms with Crippen molar-refractivity contribution in [1.29, 1.82) is 0 Å². The second-order valence-corrected chi connectivity index (χ2v) is 4.63. The molecule has 0 spiro atoms. The number of halogens is 1. The van der Waals surface area contributed by atoms with Gasteiger partial charge in [-0.15, -0.1) is 0 Å². The van der Waals surface area contributed by atoms with E-state index in [-0.39, 0.29) is 11.3 Å². The van der Waals surface area contributed by atoms with Crippen LogP contribution < -0.4 is 10.1 Å². The first-order chi connectivity index (χ1) is 9.60. The molecule has 0 atom stereocenters. The maximum Gasteiger partial charge on any atom is 0.322 e. The van der Waals surface area contributed by atoms with E-state index in [1.165, 1.54) is 0 Å². The van der Waals surface area contributed by atoms with E-state index in [1.54, 1.807) is 6.20 Å². The van der Waals surface area contributed by atoms with Crippen LogP contribution >= 0.6 is 11.6 Å². The van der Waals surface area contributed by atoms with Crippen molar-refractivity contribution in [1.82, 2.24) is 24.7 Å². The minimum absolute atomic E-state index is 0.108. The standard InChI is InChI=1S/C12H17ClN6O/c1-4-5-20-12-17-10(13)16-11(18-12)14-6-9-7-15-19(3)8(9)2/h7H,4-6H2,1-3H3,(H,14,16,17,18).